The van der Waals surface area contributed by atoms with Gasteiger partial charge >= 0.3 is 0 Å². The van der Waals surface area contributed by atoms with E-state index >= 15 is 0 Å². The van der Waals surface area contributed by atoms with Gasteiger partial charge in [-0.3, -0.25) is 4.79 Å². The third-order valence-corrected chi connectivity index (χ3v) is 7.13. The van der Waals surface area contributed by atoms with Crippen LogP contribution in [0.4, 0.5) is 4.39 Å². The molecule has 0 bridgehead atoms. The Kier molecular flexibility index (Phi) is 6.81. The first-order valence-corrected chi connectivity index (χ1v) is 11.4. The molecule has 0 radical (unpaired) electrons. The SMILES string of the molecule is CC1CN(S(=O)(=O)c2ccc(C(=O)N(C)Cc3c(F)cccc3Cl)cc2)CC(C)O1. The van der Waals surface area contributed by atoms with E-state index in [-0.39, 0.29) is 53.2 Å². The molecule has 30 heavy (non-hydrogen) atoms. The summed E-state index contributed by atoms with van der Waals surface area (Å²) in [6, 6.07) is 10.1. The Balaban J connectivity index is 1.75. The summed E-state index contributed by atoms with van der Waals surface area (Å²) in [4.78, 5) is 14.1. The Hall–Kier alpha value is -2.00. The zero-order valence-electron chi connectivity index (χ0n) is 17.0. The minimum absolute atomic E-state index is 0.00601. The molecule has 1 heterocycles. The summed E-state index contributed by atoms with van der Waals surface area (Å²) in [6.45, 7) is 4.21. The fourth-order valence-corrected chi connectivity index (χ4v) is 5.27. The lowest BCUT2D eigenvalue weighted by Gasteiger charge is -2.34. The molecule has 2 aromatic carbocycles. The summed E-state index contributed by atoms with van der Waals surface area (Å²) in [6.07, 6.45) is -0.383. The van der Waals surface area contributed by atoms with E-state index in [0.717, 1.165) is 0 Å². The second kappa shape index (κ2) is 9.01. The second-order valence-corrected chi connectivity index (χ2v) is 9.81. The summed E-state index contributed by atoms with van der Waals surface area (Å²) < 4.78 is 46.8. The fourth-order valence-electron chi connectivity index (χ4n) is 3.46. The fraction of sp³-hybridized carbons (Fsp3) is 0.381. The van der Waals surface area contributed by atoms with Crippen LogP contribution in [0.3, 0.4) is 0 Å². The zero-order chi connectivity index (χ0) is 22.1. The molecule has 1 amide bonds. The maximum Gasteiger partial charge on any atom is 0.253 e. The maximum atomic E-state index is 14.0. The first-order valence-electron chi connectivity index (χ1n) is 9.53. The van der Waals surface area contributed by atoms with Gasteiger partial charge in [0, 0.05) is 42.8 Å². The van der Waals surface area contributed by atoms with Crippen molar-refractivity contribution in [3.63, 3.8) is 0 Å². The number of sulfonamides is 1. The largest absolute Gasteiger partial charge is 0.373 e. The van der Waals surface area contributed by atoms with Crippen molar-refractivity contribution in [1.82, 2.24) is 9.21 Å². The molecule has 162 valence electrons. The molecule has 1 aliphatic heterocycles. The molecule has 2 unspecified atom stereocenters. The summed E-state index contributed by atoms with van der Waals surface area (Å²) in [5, 5.41) is 0.241. The summed E-state index contributed by atoms with van der Waals surface area (Å²) in [7, 11) is -2.15. The van der Waals surface area contributed by atoms with Crippen LogP contribution >= 0.6 is 11.6 Å². The number of carbonyl (C=O) groups is 1. The van der Waals surface area contributed by atoms with E-state index in [2.05, 4.69) is 0 Å². The van der Waals surface area contributed by atoms with Gasteiger partial charge in [-0.1, -0.05) is 17.7 Å². The molecule has 0 aliphatic carbocycles. The Labute approximate surface area is 181 Å². The topological polar surface area (TPSA) is 66.9 Å². The van der Waals surface area contributed by atoms with Crippen LogP contribution in [0.5, 0.6) is 0 Å². The van der Waals surface area contributed by atoms with Crippen LogP contribution in [0.1, 0.15) is 29.8 Å². The number of halogens is 2. The number of rotatable bonds is 5. The first-order chi connectivity index (χ1) is 14.1. The predicted octanol–water partition coefficient (Wildman–Crippen LogP) is 3.55. The van der Waals surface area contributed by atoms with Crippen molar-refractivity contribution in [2.45, 2.75) is 37.5 Å². The number of hydrogen-bond donors (Lipinski definition) is 0. The van der Waals surface area contributed by atoms with E-state index < -0.39 is 15.8 Å². The Morgan fingerprint density at radius 3 is 2.33 bits per heavy atom. The van der Waals surface area contributed by atoms with Gasteiger partial charge < -0.3 is 9.64 Å². The molecule has 0 saturated carbocycles. The predicted molar refractivity (Wildman–Crippen MR) is 112 cm³/mol. The third kappa shape index (κ3) is 4.83. The van der Waals surface area contributed by atoms with Crippen molar-refractivity contribution in [3.05, 3.63) is 64.4 Å². The Bertz CT molecular complexity index is 1000. The molecule has 0 aromatic heterocycles. The van der Waals surface area contributed by atoms with Gasteiger partial charge in [0.2, 0.25) is 10.0 Å². The third-order valence-electron chi connectivity index (χ3n) is 4.93. The second-order valence-electron chi connectivity index (χ2n) is 7.47. The number of amides is 1. The monoisotopic (exact) mass is 454 g/mol. The van der Waals surface area contributed by atoms with Gasteiger partial charge in [0.15, 0.2) is 0 Å². The van der Waals surface area contributed by atoms with Gasteiger partial charge in [0.1, 0.15) is 5.82 Å². The number of nitrogens with zero attached hydrogens (tertiary/aromatic N) is 2. The number of morpholine rings is 1. The average molecular weight is 455 g/mol. The minimum atomic E-state index is -3.69. The quantitative estimate of drug-likeness (QED) is 0.693. The number of carbonyl (C=O) groups excluding carboxylic acids is 1. The summed E-state index contributed by atoms with van der Waals surface area (Å²) >= 11 is 6.03. The highest BCUT2D eigenvalue weighted by molar-refractivity contribution is 7.89. The van der Waals surface area contributed by atoms with Crippen molar-refractivity contribution in [1.29, 1.82) is 0 Å². The smallest absolute Gasteiger partial charge is 0.253 e. The van der Waals surface area contributed by atoms with Crippen LogP contribution in [-0.2, 0) is 21.3 Å². The molecular weight excluding hydrogens is 431 g/mol. The number of benzene rings is 2. The highest BCUT2D eigenvalue weighted by atomic mass is 35.5. The zero-order valence-corrected chi connectivity index (χ0v) is 18.6. The van der Waals surface area contributed by atoms with Gasteiger partial charge in [-0.25, -0.2) is 12.8 Å². The number of ether oxygens (including phenoxy) is 1. The van der Waals surface area contributed by atoms with E-state index in [1.807, 2.05) is 13.8 Å². The lowest BCUT2D eigenvalue weighted by Crippen LogP contribution is -2.48. The Morgan fingerprint density at radius 1 is 1.17 bits per heavy atom. The average Bonchev–Trinajstić information content (AvgIpc) is 2.69. The van der Waals surface area contributed by atoms with Crippen molar-refractivity contribution < 1.29 is 22.3 Å². The Morgan fingerprint density at radius 2 is 1.77 bits per heavy atom. The summed E-state index contributed by atoms with van der Waals surface area (Å²) in [5.41, 5.74) is 0.525. The van der Waals surface area contributed by atoms with E-state index in [9.17, 15) is 17.6 Å². The van der Waals surface area contributed by atoms with Gasteiger partial charge in [0.05, 0.1) is 17.1 Å². The van der Waals surface area contributed by atoms with Gasteiger partial charge in [0.25, 0.3) is 5.91 Å². The lowest BCUT2D eigenvalue weighted by molar-refractivity contribution is -0.0440. The van der Waals surface area contributed by atoms with Crippen LogP contribution in [-0.4, -0.2) is 55.9 Å². The molecule has 1 saturated heterocycles. The van der Waals surface area contributed by atoms with E-state index in [1.165, 1.54) is 52.7 Å². The lowest BCUT2D eigenvalue weighted by atomic mass is 10.1. The highest BCUT2D eigenvalue weighted by Crippen LogP contribution is 2.23. The molecule has 6 nitrogen and oxygen atoms in total. The van der Waals surface area contributed by atoms with Crippen LogP contribution < -0.4 is 0 Å². The van der Waals surface area contributed by atoms with Gasteiger partial charge in [-0.15, -0.1) is 0 Å². The maximum absolute atomic E-state index is 14.0. The molecule has 0 spiro atoms. The molecule has 1 aliphatic rings. The van der Waals surface area contributed by atoms with Crippen LogP contribution in [0.15, 0.2) is 47.4 Å². The molecule has 2 atom stereocenters. The van der Waals surface area contributed by atoms with Crippen molar-refractivity contribution >= 4 is 27.5 Å². The molecule has 3 rings (SSSR count). The summed E-state index contributed by atoms with van der Waals surface area (Å²) in [5.74, 6) is -0.857. The van der Waals surface area contributed by atoms with Gasteiger partial charge in [-0.2, -0.15) is 4.31 Å². The van der Waals surface area contributed by atoms with Crippen LogP contribution in [0, 0.1) is 5.82 Å². The van der Waals surface area contributed by atoms with Crippen molar-refractivity contribution in [2.75, 3.05) is 20.1 Å². The molecule has 1 fully saturated rings. The standard InChI is InChI=1S/C21H24ClFN2O4S/c1-14-11-25(12-15(2)29-14)30(27,28)17-9-7-16(8-10-17)21(26)24(3)13-18-19(22)5-4-6-20(18)23/h4-10,14-15H,11-13H2,1-3H3. The van der Waals surface area contributed by atoms with E-state index in [0.29, 0.717) is 5.56 Å². The highest BCUT2D eigenvalue weighted by Gasteiger charge is 2.32. The van der Waals surface area contributed by atoms with Gasteiger partial charge in [-0.05, 0) is 50.2 Å². The van der Waals surface area contributed by atoms with Crippen LogP contribution in [0.25, 0.3) is 0 Å². The van der Waals surface area contributed by atoms with Crippen molar-refractivity contribution in [2.24, 2.45) is 0 Å². The normalized spacial score (nSPS) is 20.2. The molecular formula is C21H24ClFN2O4S. The molecule has 2 aromatic rings. The number of hydrogen-bond acceptors (Lipinski definition) is 4. The molecule has 9 heteroatoms. The molecule has 0 N–H and O–H groups in total. The first kappa shape index (κ1) is 22.7. The van der Waals surface area contributed by atoms with E-state index in [1.54, 1.807) is 6.07 Å². The van der Waals surface area contributed by atoms with Crippen molar-refractivity contribution in [3.8, 4) is 0 Å². The van der Waals surface area contributed by atoms with Crippen LogP contribution in [0.2, 0.25) is 5.02 Å². The minimum Gasteiger partial charge on any atom is -0.373 e. The van der Waals surface area contributed by atoms with E-state index in [4.69, 9.17) is 16.3 Å².